The molecule has 0 aliphatic rings. The molecular weight excluding hydrogens is 374 g/mol. The monoisotopic (exact) mass is 393 g/mol. The number of aryl methyl sites for hydroxylation is 1. The quantitative estimate of drug-likeness (QED) is 0.509. The van der Waals surface area contributed by atoms with Gasteiger partial charge in [0.05, 0.1) is 0 Å². The van der Waals surface area contributed by atoms with Crippen molar-refractivity contribution in [1.82, 2.24) is 15.8 Å². The zero-order chi connectivity index (χ0) is 20.8. The Bertz CT molecular complexity index is 1020. The lowest BCUT2D eigenvalue weighted by Gasteiger charge is -2.13. The Labute approximate surface area is 166 Å². The standard InChI is InChI=1S/C21H19N3O5/c1-13-17(22-20(28-13)16-11-7-4-8-12-16)21(27)29-14(2)18(25)23-24-19(26)15-9-5-3-6-10-15/h3-12,14H,1-2H3,(H,23,25)(H,24,26)/t14-/m1/s1. The van der Waals surface area contributed by atoms with Crippen molar-refractivity contribution in [3.05, 3.63) is 77.7 Å². The average molecular weight is 393 g/mol. The predicted molar refractivity (Wildman–Crippen MR) is 104 cm³/mol. The number of nitrogens with zero attached hydrogens (tertiary/aromatic N) is 1. The summed E-state index contributed by atoms with van der Waals surface area (Å²) in [5, 5.41) is 0. The fraction of sp³-hybridized carbons (Fsp3) is 0.143. The smallest absolute Gasteiger partial charge is 0.361 e. The van der Waals surface area contributed by atoms with E-state index in [4.69, 9.17) is 9.15 Å². The van der Waals surface area contributed by atoms with Gasteiger partial charge in [-0.1, -0.05) is 36.4 Å². The number of hydrogen-bond acceptors (Lipinski definition) is 6. The summed E-state index contributed by atoms with van der Waals surface area (Å²) in [6, 6.07) is 17.5. The van der Waals surface area contributed by atoms with Gasteiger partial charge in [0.15, 0.2) is 11.8 Å². The van der Waals surface area contributed by atoms with Crippen LogP contribution < -0.4 is 10.9 Å². The molecule has 3 aromatic rings. The third-order valence-electron chi connectivity index (χ3n) is 4.00. The van der Waals surface area contributed by atoms with Crippen LogP contribution in [0.4, 0.5) is 0 Å². The molecule has 0 saturated carbocycles. The Balaban J connectivity index is 1.58. The Morgan fingerprint density at radius 2 is 1.59 bits per heavy atom. The van der Waals surface area contributed by atoms with Crippen LogP contribution in [-0.2, 0) is 9.53 Å². The highest BCUT2D eigenvalue weighted by molar-refractivity contribution is 5.96. The van der Waals surface area contributed by atoms with Gasteiger partial charge in [0, 0.05) is 11.1 Å². The van der Waals surface area contributed by atoms with Crippen molar-refractivity contribution < 1.29 is 23.5 Å². The summed E-state index contributed by atoms with van der Waals surface area (Å²) in [5.74, 6) is -1.42. The Morgan fingerprint density at radius 3 is 2.24 bits per heavy atom. The molecule has 0 unspecified atom stereocenters. The van der Waals surface area contributed by atoms with E-state index in [1.807, 2.05) is 18.2 Å². The molecule has 0 bridgehead atoms. The molecule has 1 atom stereocenters. The summed E-state index contributed by atoms with van der Waals surface area (Å²) < 4.78 is 10.7. The van der Waals surface area contributed by atoms with E-state index in [0.29, 0.717) is 11.1 Å². The van der Waals surface area contributed by atoms with E-state index in [2.05, 4.69) is 15.8 Å². The number of carbonyl (C=O) groups is 3. The number of nitrogens with one attached hydrogen (secondary N) is 2. The summed E-state index contributed by atoms with van der Waals surface area (Å²) in [6.45, 7) is 2.97. The van der Waals surface area contributed by atoms with Crippen LogP contribution in [0.1, 0.15) is 33.5 Å². The van der Waals surface area contributed by atoms with Gasteiger partial charge in [0.1, 0.15) is 5.76 Å². The summed E-state index contributed by atoms with van der Waals surface area (Å²) in [6.07, 6.45) is -1.16. The number of hydrazine groups is 1. The van der Waals surface area contributed by atoms with Crippen LogP contribution in [0, 0.1) is 6.92 Å². The summed E-state index contributed by atoms with van der Waals surface area (Å²) >= 11 is 0. The van der Waals surface area contributed by atoms with Gasteiger partial charge in [-0.25, -0.2) is 9.78 Å². The summed E-state index contributed by atoms with van der Waals surface area (Å²) in [4.78, 5) is 40.6. The highest BCUT2D eigenvalue weighted by Gasteiger charge is 2.24. The number of aromatic nitrogens is 1. The molecule has 1 heterocycles. The van der Waals surface area contributed by atoms with E-state index >= 15 is 0 Å². The normalized spacial score (nSPS) is 11.4. The highest BCUT2D eigenvalue weighted by atomic mass is 16.5. The molecule has 3 rings (SSSR count). The molecule has 8 heteroatoms. The van der Waals surface area contributed by atoms with Crippen LogP contribution in [0.25, 0.3) is 11.5 Å². The predicted octanol–water partition coefficient (Wildman–Crippen LogP) is 2.66. The van der Waals surface area contributed by atoms with Crippen LogP contribution in [0.15, 0.2) is 65.1 Å². The molecule has 0 spiro atoms. The average Bonchev–Trinajstić information content (AvgIpc) is 3.14. The van der Waals surface area contributed by atoms with Gasteiger partial charge in [-0.2, -0.15) is 0 Å². The largest absolute Gasteiger partial charge is 0.448 e. The van der Waals surface area contributed by atoms with Crippen molar-refractivity contribution in [2.75, 3.05) is 0 Å². The third kappa shape index (κ3) is 4.86. The molecule has 2 N–H and O–H groups in total. The van der Waals surface area contributed by atoms with Gasteiger partial charge in [-0.15, -0.1) is 0 Å². The van der Waals surface area contributed by atoms with E-state index in [-0.39, 0.29) is 17.3 Å². The third-order valence-corrected chi connectivity index (χ3v) is 4.00. The van der Waals surface area contributed by atoms with Gasteiger partial charge in [0.2, 0.25) is 5.89 Å². The molecule has 2 amide bonds. The highest BCUT2D eigenvalue weighted by Crippen LogP contribution is 2.22. The fourth-order valence-corrected chi connectivity index (χ4v) is 2.44. The van der Waals surface area contributed by atoms with Gasteiger partial charge < -0.3 is 9.15 Å². The molecule has 148 valence electrons. The van der Waals surface area contributed by atoms with E-state index in [9.17, 15) is 14.4 Å². The number of ether oxygens (including phenoxy) is 1. The molecular formula is C21H19N3O5. The van der Waals surface area contributed by atoms with Crippen LogP contribution in [0.3, 0.4) is 0 Å². The van der Waals surface area contributed by atoms with Crippen molar-refractivity contribution in [2.24, 2.45) is 0 Å². The molecule has 0 aliphatic heterocycles. The van der Waals surface area contributed by atoms with Crippen LogP contribution >= 0.6 is 0 Å². The second kappa shape index (κ2) is 8.83. The first-order valence-electron chi connectivity index (χ1n) is 8.85. The molecule has 1 aromatic heterocycles. The molecule has 0 fully saturated rings. The lowest BCUT2D eigenvalue weighted by atomic mass is 10.2. The molecule has 29 heavy (non-hydrogen) atoms. The van der Waals surface area contributed by atoms with Crippen LogP contribution in [0.5, 0.6) is 0 Å². The number of rotatable bonds is 5. The summed E-state index contributed by atoms with van der Waals surface area (Å²) in [7, 11) is 0. The first kappa shape index (κ1) is 19.8. The maximum absolute atomic E-state index is 12.4. The van der Waals surface area contributed by atoms with Crippen molar-refractivity contribution >= 4 is 17.8 Å². The van der Waals surface area contributed by atoms with E-state index in [1.54, 1.807) is 49.4 Å². The zero-order valence-electron chi connectivity index (χ0n) is 15.8. The number of oxazole rings is 1. The van der Waals surface area contributed by atoms with Crippen molar-refractivity contribution in [2.45, 2.75) is 20.0 Å². The Kier molecular flexibility index (Phi) is 6.03. The Hall–Kier alpha value is -3.94. The van der Waals surface area contributed by atoms with Crippen molar-refractivity contribution in [3.8, 4) is 11.5 Å². The number of amides is 2. The SMILES string of the molecule is Cc1oc(-c2ccccc2)nc1C(=O)O[C@H](C)C(=O)NNC(=O)c1ccccc1. The molecule has 0 saturated heterocycles. The van der Waals surface area contributed by atoms with Crippen molar-refractivity contribution in [1.29, 1.82) is 0 Å². The minimum atomic E-state index is -1.16. The lowest BCUT2D eigenvalue weighted by Crippen LogP contribution is -2.46. The molecule has 0 aliphatic carbocycles. The van der Waals surface area contributed by atoms with E-state index < -0.39 is 23.9 Å². The first-order valence-corrected chi connectivity index (χ1v) is 8.85. The summed E-state index contributed by atoms with van der Waals surface area (Å²) in [5.41, 5.74) is 5.56. The van der Waals surface area contributed by atoms with E-state index in [0.717, 1.165) is 0 Å². The maximum atomic E-state index is 12.4. The van der Waals surface area contributed by atoms with Crippen molar-refractivity contribution in [3.63, 3.8) is 0 Å². The van der Waals surface area contributed by atoms with Gasteiger partial charge in [-0.3, -0.25) is 20.4 Å². The molecule has 2 aromatic carbocycles. The first-order chi connectivity index (χ1) is 14.0. The minimum Gasteiger partial charge on any atom is -0.448 e. The van der Waals surface area contributed by atoms with Crippen LogP contribution in [0.2, 0.25) is 0 Å². The zero-order valence-corrected chi connectivity index (χ0v) is 15.8. The number of carbonyl (C=O) groups excluding carboxylic acids is 3. The second-order valence-corrected chi connectivity index (χ2v) is 6.15. The van der Waals surface area contributed by atoms with Gasteiger partial charge >= 0.3 is 5.97 Å². The van der Waals surface area contributed by atoms with Gasteiger partial charge in [-0.05, 0) is 38.1 Å². The maximum Gasteiger partial charge on any atom is 0.361 e. The second-order valence-electron chi connectivity index (χ2n) is 6.15. The van der Waals surface area contributed by atoms with Crippen LogP contribution in [-0.4, -0.2) is 28.9 Å². The Morgan fingerprint density at radius 1 is 0.966 bits per heavy atom. The molecule has 8 nitrogen and oxygen atoms in total. The minimum absolute atomic E-state index is 0.0168. The topological polar surface area (TPSA) is 111 Å². The van der Waals surface area contributed by atoms with E-state index in [1.165, 1.54) is 6.92 Å². The van der Waals surface area contributed by atoms with Gasteiger partial charge in [0.25, 0.3) is 11.8 Å². The lowest BCUT2D eigenvalue weighted by molar-refractivity contribution is -0.129. The number of hydrogen-bond donors (Lipinski definition) is 2. The number of esters is 1. The molecule has 0 radical (unpaired) electrons. The number of benzene rings is 2. The fourth-order valence-electron chi connectivity index (χ4n) is 2.44.